The highest BCUT2D eigenvalue weighted by atomic mass is 35.5. The fourth-order valence-electron chi connectivity index (χ4n) is 3.34. The number of carbonyl (C=O) groups excluding carboxylic acids is 1. The number of benzene rings is 2. The SMILES string of the molecule is O=C(CSc1nc2c(cnn2-c2cccc(Cl)c2)c(=O)[nH]1)Nc1ccc2c(c1)OCCCO2. The maximum absolute atomic E-state index is 12.5. The van der Waals surface area contributed by atoms with Crippen molar-refractivity contribution in [2.24, 2.45) is 0 Å². The molecule has 0 spiro atoms. The predicted octanol–water partition coefficient (Wildman–Crippen LogP) is 3.65. The van der Waals surface area contributed by atoms with Crippen molar-refractivity contribution in [2.45, 2.75) is 11.6 Å². The number of H-pyrrole nitrogens is 1. The van der Waals surface area contributed by atoms with Gasteiger partial charge in [0.05, 0.1) is 30.9 Å². The standard InChI is InChI=1S/C22H18ClN5O4S/c23-13-3-1-4-15(9-13)28-20-16(11-24-28)21(30)27-22(26-20)33-12-19(29)25-14-5-6-17-18(10-14)32-8-2-7-31-17/h1,3-6,9-11H,2,7-8,12H2,(H,25,29)(H,26,27,30). The summed E-state index contributed by atoms with van der Waals surface area (Å²) in [5, 5.41) is 8.29. The third kappa shape index (κ3) is 4.67. The molecule has 0 bridgehead atoms. The summed E-state index contributed by atoms with van der Waals surface area (Å²) in [6.07, 6.45) is 2.26. The summed E-state index contributed by atoms with van der Waals surface area (Å²) in [7, 11) is 0. The van der Waals surface area contributed by atoms with E-state index in [0.717, 1.165) is 18.2 Å². The number of hydrogen-bond donors (Lipinski definition) is 2. The second-order valence-corrected chi connectivity index (χ2v) is 8.59. The number of aromatic amines is 1. The number of fused-ring (bicyclic) bond motifs is 2. The number of thioether (sulfide) groups is 1. The van der Waals surface area contributed by atoms with Crippen LogP contribution in [0.2, 0.25) is 5.02 Å². The van der Waals surface area contributed by atoms with Crippen molar-refractivity contribution in [2.75, 3.05) is 24.3 Å². The van der Waals surface area contributed by atoms with Gasteiger partial charge in [-0.2, -0.15) is 5.10 Å². The van der Waals surface area contributed by atoms with Gasteiger partial charge in [0.2, 0.25) is 5.91 Å². The Labute approximate surface area is 197 Å². The van der Waals surface area contributed by atoms with Gasteiger partial charge in [-0.3, -0.25) is 9.59 Å². The van der Waals surface area contributed by atoms with E-state index in [2.05, 4.69) is 20.4 Å². The molecule has 1 aliphatic rings. The maximum atomic E-state index is 12.5. The van der Waals surface area contributed by atoms with Crippen LogP contribution in [0.4, 0.5) is 5.69 Å². The molecule has 168 valence electrons. The number of ether oxygens (including phenoxy) is 2. The molecule has 1 amide bonds. The number of anilines is 1. The number of halogens is 1. The van der Waals surface area contributed by atoms with Gasteiger partial charge >= 0.3 is 0 Å². The van der Waals surface area contributed by atoms with Crippen LogP contribution >= 0.6 is 23.4 Å². The van der Waals surface area contributed by atoms with Crippen molar-refractivity contribution in [1.82, 2.24) is 19.7 Å². The van der Waals surface area contributed by atoms with Crippen LogP contribution in [0, 0.1) is 0 Å². The zero-order chi connectivity index (χ0) is 22.8. The Morgan fingerprint density at radius 1 is 1.18 bits per heavy atom. The van der Waals surface area contributed by atoms with Crippen LogP contribution in [0.15, 0.2) is 58.6 Å². The van der Waals surface area contributed by atoms with Crippen LogP contribution in [-0.2, 0) is 4.79 Å². The van der Waals surface area contributed by atoms with E-state index < -0.39 is 0 Å². The Balaban J connectivity index is 1.31. The summed E-state index contributed by atoms with van der Waals surface area (Å²) in [5.41, 5.74) is 1.32. The summed E-state index contributed by atoms with van der Waals surface area (Å²) < 4.78 is 12.8. The Hall–Kier alpha value is -3.50. The lowest BCUT2D eigenvalue weighted by Gasteiger charge is -2.10. The summed E-state index contributed by atoms with van der Waals surface area (Å²) in [6, 6.07) is 12.3. The van der Waals surface area contributed by atoms with Crippen molar-refractivity contribution in [3.8, 4) is 17.2 Å². The molecular weight excluding hydrogens is 466 g/mol. The van der Waals surface area contributed by atoms with E-state index in [4.69, 9.17) is 21.1 Å². The van der Waals surface area contributed by atoms with Gasteiger partial charge in [-0.25, -0.2) is 9.67 Å². The Morgan fingerprint density at radius 3 is 2.88 bits per heavy atom. The normalized spacial score (nSPS) is 13.0. The molecule has 0 saturated carbocycles. The van der Waals surface area contributed by atoms with E-state index in [0.29, 0.717) is 57.3 Å². The molecule has 0 radical (unpaired) electrons. The monoisotopic (exact) mass is 483 g/mol. The van der Waals surface area contributed by atoms with E-state index in [-0.39, 0.29) is 17.2 Å². The van der Waals surface area contributed by atoms with Gasteiger partial charge < -0.3 is 19.8 Å². The van der Waals surface area contributed by atoms with Crippen LogP contribution < -0.4 is 20.3 Å². The van der Waals surface area contributed by atoms with Gasteiger partial charge in [-0.05, 0) is 30.3 Å². The van der Waals surface area contributed by atoms with Crippen LogP contribution in [0.25, 0.3) is 16.7 Å². The van der Waals surface area contributed by atoms with E-state index in [1.807, 2.05) is 6.07 Å². The molecule has 4 aromatic rings. The highest BCUT2D eigenvalue weighted by Crippen LogP contribution is 2.32. The number of nitrogens with one attached hydrogen (secondary N) is 2. The topological polar surface area (TPSA) is 111 Å². The maximum Gasteiger partial charge on any atom is 0.262 e. The minimum atomic E-state index is -0.334. The number of amides is 1. The number of nitrogens with zero attached hydrogens (tertiary/aromatic N) is 3. The molecule has 5 rings (SSSR count). The Morgan fingerprint density at radius 2 is 2.03 bits per heavy atom. The molecular formula is C22H18ClN5O4S. The van der Waals surface area contributed by atoms with Crippen molar-refractivity contribution < 1.29 is 14.3 Å². The minimum Gasteiger partial charge on any atom is -0.490 e. The van der Waals surface area contributed by atoms with Gasteiger partial charge in [0, 0.05) is 23.2 Å². The molecule has 11 heteroatoms. The second kappa shape index (κ2) is 9.16. The largest absolute Gasteiger partial charge is 0.490 e. The molecule has 0 unspecified atom stereocenters. The lowest BCUT2D eigenvalue weighted by atomic mass is 10.2. The summed E-state index contributed by atoms with van der Waals surface area (Å²) in [6.45, 7) is 1.16. The van der Waals surface area contributed by atoms with Crippen LogP contribution in [0.1, 0.15) is 6.42 Å². The third-order valence-electron chi connectivity index (χ3n) is 4.84. The summed E-state index contributed by atoms with van der Waals surface area (Å²) >= 11 is 7.20. The predicted molar refractivity (Wildman–Crippen MR) is 126 cm³/mol. The van der Waals surface area contributed by atoms with Crippen molar-refractivity contribution >= 4 is 46.0 Å². The van der Waals surface area contributed by atoms with Crippen LogP contribution in [0.3, 0.4) is 0 Å². The molecule has 1 aliphatic heterocycles. The summed E-state index contributed by atoms with van der Waals surface area (Å²) in [5.74, 6) is 1.06. The van der Waals surface area contributed by atoms with Crippen LogP contribution in [-0.4, -0.2) is 44.6 Å². The number of rotatable bonds is 5. The lowest BCUT2D eigenvalue weighted by Crippen LogP contribution is -2.15. The van der Waals surface area contributed by atoms with Crippen molar-refractivity contribution in [3.63, 3.8) is 0 Å². The lowest BCUT2D eigenvalue weighted by molar-refractivity contribution is -0.113. The first-order valence-corrected chi connectivity index (χ1v) is 11.5. The number of carbonyl (C=O) groups is 1. The van der Waals surface area contributed by atoms with E-state index in [9.17, 15) is 9.59 Å². The molecule has 3 heterocycles. The average molecular weight is 484 g/mol. The van der Waals surface area contributed by atoms with E-state index >= 15 is 0 Å². The molecule has 0 saturated heterocycles. The molecule has 0 fully saturated rings. The third-order valence-corrected chi connectivity index (χ3v) is 5.95. The fraction of sp³-hybridized carbons (Fsp3) is 0.182. The zero-order valence-corrected chi connectivity index (χ0v) is 18.8. The van der Waals surface area contributed by atoms with Gasteiger partial charge in [-0.1, -0.05) is 29.4 Å². The highest BCUT2D eigenvalue weighted by molar-refractivity contribution is 7.99. The zero-order valence-electron chi connectivity index (χ0n) is 17.2. The molecule has 0 aliphatic carbocycles. The Kier molecular flexibility index (Phi) is 5.93. The molecule has 2 aromatic carbocycles. The quantitative estimate of drug-likeness (QED) is 0.329. The number of hydrogen-bond acceptors (Lipinski definition) is 7. The first-order valence-electron chi connectivity index (χ1n) is 10.1. The Bertz CT molecular complexity index is 1400. The molecule has 2 aromatic heterocycles. The van der Waals surface area contributed by atoms with E-state index in [1.165, 1.54) is 6.20 Å². The fourth-order valence-corrected chi connectivity index (χ4v) is 4.18. The van der Waals surface area contributed by atoms with Crippen molar-refractivity contribution in [1.29, 1.82) is 0 Å². The van der Waals surface area contributed by atoms with E-state index in [1.54, 1.807) is 41.1 Å². The first kappa shape index (κ1) is 21.4. The molecule has 33 heavy (non-hydrogen) atoms. The first-order chi connectivity index (χ1) is 16.1. The smallest absolute Gasteiger partial charge is 0.262 e. The highest BCUT2D eigenvalue weighted by Gasteiger charge is 2.15. The minimum absolute atomic E-state index is 0.0498. The number of aromatic nitrogens is 4. The van der Waals surface area contributed by atoms with Crippen molar-refractivity contribution in [3.05, 3.63) is 64.0 Å². The van der Waals surface area contributed by atoms with Gasteiger partial charge in [0.15, 0.2) is 22.3 Å². The molecule has 2 N–H and O–H groups in total. The van der Waals surface area contributed by atoms with Gasteiger partial charge in [0.1, 0.15) is 5.39 Å². The van der Waals surface area contributed by atoms with Gasteiger partial charge in [0.25, 0.3) is 5.56 Å². The molecule has 9 nitrogen and oxygen atoms in total. The van der Waals surface area contributed by atoms with Gasteiger partial charge in [-0.15, -0.1) is 0 Å². The summed E-state index contributed by atoms with van der Waals surface area (Å²) in [4.78, 5) is 32.2. The molecule has 0 atom stereocenters. The average Bonchev–Trinajstić information content (AvgIpc) is 3.09. The second-order valence-electron chi connectivity index (χ2n) is 7.19. The van der Waals surface area contributed by atoms with Crippen LogP contribution in [0.5, 0.6) is 11.5 Å².